The van der Waals surface area contributed by atoms with E-state index in [0.717, 1.165) is 0 Å². The lowest BCUT2D eigenvalue weighted by molar-refractivity contribution is 0.426. The van der Waals surface area contributed by atoms with Crippen LogP contribution in [0.5, 0.6) is 0 Å². The fourth-order valence-electron chi connectivity index (χ4n) is 1.26. The number of rotatable bonds is 5. The topological polar surface area (TPSA) is 86.6 Å². The highest BCUT2D eigenvalue weighted by atomic mass is 32.2. The highest BCUT2D eigenvalue weighted by molar-refractivity contribution is 7.92. The number of hydrogen-bond acceptors (Lipinski definition) is 4. The standard InChI is InChI=1S/C9H14BNO4S/c1-2-6-16(14,15)11-9-5-3-4-8(7-9)10(12)13/h3-5,7,11-13H,2,6H2,1H3. The summed E-state index contributed by atoms with van der Waals surface area (Å²) < 4.78 is 25.3. The Balaban J connectivity index is 2.86. The molecule has 0 heterocycles. The maximum absolute atomic E-state index is 11.4. The van der Waals surface area contributed by atoms with Gasteiger partial charge in [0.05, 0.1) is 5.75 Å². The van der Waals surface area contributed by atoms with E-state index in [9.17, 15) is 8.42 Å². The summed E-state index contributed by atoms with van der Waals surface area (Å²) in [6.45, 7) is 1.77. The number of hydrogen-bond donors (Lipinski definition) is 3. The number of sulfonamides is 1. The Labute approximate surface area is 95.3 Å². The summed E-state index contributed by atoms with van der Waals surface area (Å²) in [6.07, 6.45) is 0.525. The van der Waals surface area contributed by atoms with Crippen LogP contribution in [0.3, 0.4) is 0 Å². The Morgan fingerprint density at radius 2 is 2.06 bits per heavy atom. The Bertz CT molecular complexity index is 447. The van der Waals surface area contributed by atoms with Crippen LogP contribution in [0.1, 0.15) is 13.3 Å². The zero-order valence-electron chi connectivity index (χ0n) is 8.92. The molecular formula is C9H14BNO4S. The smallest absolute Gasteiger partial charge is 0.423 e. The van der Waals surface area contributed by atoms with Crippen LogP contribution in [-0.2, 0) is 10.0 Å². The van der Waals surface area contributed by atoms with E-state index in [2.05, 4.69) is 4.72 Å². The molecule has 0 radical (unpaired) electrons. The van der Waals surface area contributed by atoms with E-state index < -0.39 is 17.1 Å². The molecule has 7 heteroatoms. The minimum atomic E-state index is -3.34. The highest BCUT2D eigenvalue weighted by Gasteiger charge is 2.13. The summed E-state index contributed by atoms with van der Waals surface area (Å²) in [5.74, 6) is 0.0406. The van der Waals surface area contributed by atoms with Crippen molar-refractivity contribution >= 4 is 28.3 Å². The molecule has 16 heavy (non-hydrogen) atoms. The van der Waals surface area contributed by atoms with Crippen LogP contribution in [0, 0.1) is 0 Å². The quantitative estimate of drug-likeness (QED) is 0.609. The first kappa shape index (κ1) is 13.0. The van der Waals surface area contributed by atoms with E-state index in [1.165, 1.54) is 12.1 Å². The summed E-state index contributed by atoms with van der Waals surface area (Å²) in [6, 6.07) is 6.00. The van der Waals surface area contributed by atoms with Gasteiger partial charge in [-0.05, 0) is 24.0 Å². The first-order valence-corrected chi connectivity index (χ1v) is 6.56. The van der Waals surface area contributed by atoms with Gasteiger partial charge in [-0.2, -0.15) is 0 Å². The fourth-order valence-corrected chi connectivity index (χ4v) is 2.39. The lowest BCUT2D eigenvalue weighted by atomic mass is 9.80. The third kappa shape index (κ3) is 3.84. The second-order valence-corrected chi connectivity index (χ2v) is 5.26. The molecular weight excluding hydrogens is 229 g/mol. The Morgan fingerprint density at radius 1 is 1.38 bits per heavy atom. The van der Waals surface area contributed by atoms with Crippen LogP contribution in [0.4, 0.5) is 5.69 Å². The first-order chi connectivity index (χ1) is 7.44. The molecule has 0 fully saturated rings. The molecule has 0 aliphatic heterocycles. The SMILES string of the molecule is CCCS(=O)(=O)Nc1cccc(B(O)O)c1. The fraction of sp³-hybridized carbons (Fsp3) is 0.333. The van der Waals surface area contributed by atoms with E-state index in [0.29, 0.717) is 12.1 Å². The van der Waals surface area contributed by atoms with Crippen molar-refractivity contribution in [1.82, 2.24) is 0 Å². The van der Waals surface area contributed by atoms with Gasteiger partial charge in [-0.1, -0.05) is 19.1 Å². The Kier molecular flexibility index (Phi) is 4.34. The highest BCUT2D eigenvalue weighted by Crippen LogP contribution is 2.07. The summed E-state index contributed by atoms with van der Waals surface area (Å²) >= 11 is 0. The second kappa shape index (κ2) is 5.33. The number of benzene rings is 1. The van der Waals surface area contributed by atoms with E-state index >= 15 is 0 Å². The van der Waals surface area contributed by atoms with Crippen LogP contribution in [0.2, 0.25) is 0 Å². The van der Waals surface area contributed by atoms with E-state index in [1.54, 1.807) is 19.1 Å². The predicted octanol–water partition coefficient (Wildman–Crippen LogP) is -0.482. The van der Waals surface area contributed by atoms with Gasteiger partial charge in [0.15, 0.2) is 0 Å². The van der Waals surface area contributed by atoms with Gasteiger partial charge in [0, 0.05) is 5.69 Å². The molecule has 1 rings (SSSR count). The lowest BCUT2D eigenvalue weighted by Crippen LogP contribution is -2.30. The summed E-state index contributed by atoms with van der Waals surface area (Å²) in [5.41, 5.74) is 0.579. The van der Waals surface area contributed by atoms with Crippen LogP contribution >= 0.6 is 0 Å². The van der Waals surface area contributed by atoms with Gasteiger partial charge in [0.25, 0.3) is 0 Å². The third-order valence-electron chi connectivity index (χ3n) is 1.93. The van der Waals surface area contributed by atoms with Gasteiger partial charge in [0.2, 0.25) is 10.0 Å². The van der Waals surface area contributed by atoms with Crippen molar-refractivity contribution in [3.8, 4) is 0 Å². The predicted molar refractivity (Wildman–Crippen MR) is 64.0 cm³/mol. The molecule has 1 aromatic rings. The first-order valence-electron chi connectivity index (χ1n) is 4.91. The molecule has 3 N–H and O–H groups in total. The van der Waals surface area contributed by atoms with Gasteiger partial charge in [-0.15, -0.1) is 0 Å². The Hall–Kier alpha value is -1.05. The van der Waals surface area contributed by atoms with Crippen molar-refractivity contribution in [3.05, 3.63) is 24.3 Å². The van der Waals surface area contributed by atoms with Crippen molar-refractivity contribution < 1.29 is 18.5 Å². The molecule has 5 nitrogen and oxygen atoms in total. The molecule has 0 spiro atoms. The summed E-state index contributed by atoms with van der Waals surface area (Å²) in [4.78, 5) is 0. The van der Waals surface area contributed by atoms with Gasteiger partial charge in [0.1, 0.15) is 0 Å². The zero-order valence-corrected chi connectivity index (χ0v) is 9.74. The molecule has 0 amide bonds. The van der Waals surface area contributed by atoms with Gasteiger partial charge < -0.3 is 10.0 Å². The third-order valence-corrected chi connectivity index (χ3v) is 3.42. The van der Waals surface area contributed by atoms with E-state index in [1.807, 2.05) is 0 Å². The van der Waals surface area contributed by atoms with E-state index in [-0.39, 0.29) is 11.2 Å². The van der Waals surface area contributed by atoms with E-state index in [4.69, 9.17) is 10.0 Å². The summed E-state index contributed by atoms with van der Waals surface area (Å²) in [5, 5.41) is 17.9. The zero-order chi connectivity index (χ0) is 12.2. The number of anilines is 1. The second-order valence-electron chi connectivity index (χ2n) is 3.42. The monoisotopic (exact) mass is 243 g/mol. The molecule has 1 aromatic carbocycles. The molecule has 88 valence electrons. The average molecular weight is 243 g/mol. The molecule has 0 saturated heterocycles. The van der Waals surface area contributed by atoms with Gasteiger partial charge in [-0.3, -0.25) is 4.72 Å². The van der Waals surface area contributed by atoms with Crippen molar-refractivity contribution in [3.63, 3.8) is 0 Å². The molecule has 0 aliphatic carbocycles. The molecule has 0 unspecified atom stereocenters. The molecule has 0 atom stereocenters. The normalized spacial score (nSPS) is 11.2. The average Bonchev–Trinajstić information content (AvgIpc) is 2.17. The molecule has 0 aliphatic rings. The maximum Gasteiger partial charge on any atom is 0.488 e. The lowest BCUT2D eigenvalue weighted by Gasteiger charge is -2.08. The van der Waals surface area contributed by atoms with Crippen LogP contribution in [-0.4, -0.2) is 31.3 Å². The van der Waals surface area contributed by atoms with Gasteiger partial charge >= 0.3 is 7.12 Å². The minimum absolute atomic E-state index is 0.0406. The van der Waals surface area contributed by atoms with Crippen molar-refractivity contribution in [1.29, 1.82) is 0 Å². The number of nitrogens with one attached hydrogen (secondary N) is 1. The summed E-state index contributed by atoms with van der Waals surface area (Å²) in [7, 11) is -4.94. The maximum atomic E-state index is 11.4. The molecule has 0 saturated carbocycles. The largest absolute Gasteiger partial charge is 0.488 e. The van der Waals surface area contributed by atoms with Crippen LogP contribution < -0.4 is 10.2 Å². The van der Waals surface area contributed by atoms with Gasteiger partial charge in [-0.25, -0.2) is 8.42 Å². The van der Waals surface area contributed by atoms with Crippen molar-refractivity contribution in [2.75, 3.05) is 10.5 Å². The van der Waals surface area contributed by atoms with Crippen LogP contribution in [0.25, 0.3) is 0 Å². The molecule has 0 bridgehead atoms. The van der Waals surface area contributed by atoms with Crippen LogP contribution in [0.15, 0.2) is 24.3 Å². The molecule has 0 aromatic heterocycles. The van der Waals surface area contributed by atoms with Crippen molar-refractivity contribution in [2.45, 2.75) is 13.3 Å². The minimum Gasteiger partial charge on any atom is -0.423 e. The Morgan fingerprint density at radius 3 is 2.62 bits per heavy atom. The van der Waals surface area contributed by atoms with Crippen molar-refractivity contribution in [2.24, 2.45) is 0 Å².